The molecule has 1 fully saturated rings. The molecule has 0 spiro atoms. The molecule has 0 radical (unpaired) electrons. The Hall–Kier alpha value is -2.20. The lowest BCUT2D eigenvalue weighted by Crippen LogP contribution is -2.46. The molecule has 1 aliphatic carbocycles. The van der Waals surface area contributed by atoms with E-state index in [9.17, 15) is 15.0 Å². The first-order valence-corrected chi connectivity index (χ1v) is 8.96. The molecule has 0 saturated heterocycles. The summed E-state index contributed by atoms with van der Waals surface area (Å²) in [5.74, 6) is -0.572. The monoisotopic (exact) mass is 359 g/mol. The maximum Gasteiger partial charge on any atom is 0.235 e. The number of nitrogens with one attached hydrogen (secondary N) is 1. The summed E-state index contributed by atoms with van der Waals surface area (Å²) < 4.78 is 0. The van der Waals surface area contributed by atoms with E-state index in [-0.39, 0.29) is 28.1 Å². The highest BCUT2D eigenvalue weighted by molar-refractivity contribution is 6.32. The second-order valence-electron chi connectivity index (χ2n) is 6.66. The van der Waals surface area contributed by atoms with Crippen molar-refractivity contribution in [1.29, 1.82) is 0 Å². The van der Waals surface area contributed by atoms with E-state index in [1.54, 1.807) is 0 Å². The molecule has 5 heteroatoms. The Morgan fingerprint density at radius 2 is 1.96 bits per heavy atom. The maximum absolute atomic E-state index is 13.0. The number of anilines is 1. The zero-order valence-electron chi connectivity index (χ0n) is 14.2. The summed E-state index contributed by atoms with van der Waals surface area (Å²) in [6, 6.07) is 10.7. The SMILES string of the molecule is CCCc1cccc(C2(C(=O)Nc3cc(Cl)c(O)cc3O)CCC2)c1. The van der Waals surface area contributed by atoms with Gasteiger partial charge in [0, 0.05) is 6.07 Å². The maximum atomic E-state index is 13.0. The van der Waals surface area contributed by atoms with Gasteiger partial charge < -0.3 is 15.5 Å². The molecule has 0 aliphatic heterocycles. The second kappa shape index (κ2) is 6.96. The van der Waals surface area contributed by atoms with Gasteiger partial charge in [-0.05, 0) is 36.5 Å². The van der Waals surface area contributed by atoms with Crippen LogP contribution in [0.4, 0.5) is 5.69 Å². The molecule has 0 aromatic heterocycles. The van der Waals surface area contributed by atoms with Crippen molar-refractivity contribution < 1.29 is 15.0 Å². The van der Waals surface area contributed by atoms with Gasteiger partial charge in [0.15, 0.2) is 0 Å². The zero-order valence-corrected chi connectivity index (χ0v) is 14.9. The average molecular weight is 360 g/mol. The van der Waals surface area contributed by atoms with Gasteiger partial charge in [-0.15, -0.1) is 0 Å². The number of carbonyl (C=O) groups is 1. The van der Waals surface area contributed by atoms with Crippen LogP contribution in [-0.4, -0.2) is 16.1 Å². The lowest BCUT2D eigenvalue weighted by atomic mass is 9.63. The van der Waals surface area contributed by atoms with Gasteiger partial charge in [0.05, 0.1) is 16.1 Å². The molecule has 1 aliphatic rings. The van der Waals surface area contributed by atoms with Gasteiger partial charge in [-0.2, -0.15) is 0 Å². The molecule has 0 unspecified atom stereocenters. The van der Waals surface area contributed by atoms with E-state index in [2.05, 4.69) is 24.4 Å². The Labute approximate surface area is 152 Å². The normalized spacial score (nSPS) is 15.4. The third-order valence-corrected chi connectivity index (χ3v) is 5.28. The molecule has 4 nitrogen and oxygen atoms in total. The number of amides is 1. The molecule has 3 N–H and O–H groups in total. The average Bonchev–Trinajstić information content (AvgIpc) is 2.52. The van der Waals surface area contributed by atoms with Gasteiger partial charge in [-0.3, -0.25) is 4.79 Å². The van der Waals surface area contributed by atoms with Gasteiger partial charge >= 0.3 is 0 Å². The van der Waals surface area contributed by atoms with E-state index in [0.717, 1.165) is 43.7 Å². The van der Waals surface area contributed by atoms with E-state index in [0.29, 0.717) is 0 Å². The largest absolute Gasteiger partial charge is 0.506 e. The number of hydrogen-bond donors (Lipinski definition) is 3. The highest BCUT2D eigenvalue weighted by Crippen LogP contribution is 2.45. The first kappa shape index (κ1) is 17.6. The predicted molar refractivity (Wildman–Crippen MR) is 99.4 cm³/mol. The first-order valence-electron chi connectivity index (χ1n) is 8.58. The number of phenols is 2. The quantitative estimate of drug-likeness (QED) is 0.532. The molecule has 1 amide bonds. The standard InChI is InChI=1S/C20H22ClNO3/c1-2-5-13-6-3-7-14(10-13)20(8-4-9-20)19(25)22-16-11-15(21)17(23)12-18(16)24/h3,6-7,10-12,23-24H,2,4-5,8-9H2,1H3,(H,22,25). The minimum absolute atomic E-state index is 0.0840. The van der Waals surface area contributed by atoms with Crippen LogP contribution in [0, 0.1) is 0 Å². The third kappa shape index (κ3) is 3.31. The van der Waals surface area contributed by atoms with Gasteiger partial charge in [0.25, 0.3) is 0 Å². The molecule has 2 aromatic rings. The van der Waals surface area contributed by atoms with E-state index >= 15 is 0 Å². The predicted octanol–water partition coefficient (Wildman–Crippen LogP) is 4.76. The lowest BCUT2D eigenvalue weighted by molar-refractivity contribution is -0.124. The fourth-order valence-corrected chi connectivity index (χ4v) is 3.55. The third-order valence-electron chi connectivity index (χ3n) is 4.97. The van der Waals surface area contributed by atoms with Crippen LogP contribution in [0.25, 0.3) is 0 Å². The smallest absolute Gasteiger partial charge is 0.235 e. The first-order chi connectivity index (χ1) is 12.0. The fraction of sp³-hybridized carbons (Fsp3) is 0.350. The Bertz CT molecular complexity index is 800. The molecule has 25 heavy (non-hydrogen) atoms. The molecule has 0 bridgehead atoms. The summed E-state index contributed by atoms with van der Waals surface area (Å²) in [5, 5.41) is 22.4. The van der Waals surface area contributed by atoms with E-state index in [4.69, 9.17) is 11.6 Å². The minimum Gasteiger partial charge on any atom is -0.506 e. The molecule has 2 aromatic carbocycles. The minimum atomic E-state index is -0.569. The summed E-state index contributed by atoms with van der Waals surface area (Å²) in [4.78, 5) is 13.0. The van der Waals surface area contributed by atoms with Crippen LogP contribution in [0.15, 0.2) is 36.4 Å². The second-order valence-corrected chi connectivity index (χ2v) is 7.07. The van der Waals surface area contributed by atoms with Crippen LogP contribution >= 0.6 is 11.6 Å². The summed E-state index contributed by atoms with van der Waals surface area (Å²) in [7, 11) is 0. The molecule has 132 valence electrons. The van der Waals surface area contributed by atoms with Crippen molar-refractivity contribution in [2.75, 3.05) is 5.32 Å². The number of aromatic hydroxyl groups is 2. The molecule has 0 heterocycles. The van der Waals surface area contributed by atoms with Gasteiger partial charge in [0.2, 0.25) is 5.91 Å². The Balaban J connectivity index is 1.89. The van der Waals surface area contributed by atoms with Crippen LogP contribution in [0.3, 0.4) is 0 Å². The van der Waals surface area contributed by atoms with Gasteiger partial charge in [0.1, 0.15) is 11.5 Å². The molecule has 1 saturated carbocycles. The highest BCUT2D eigenvalue weighted by Gasteiger charge is 2.45. The number of hydrogen-bond acceptors (Lipinski definition) is 3. The van der Waals surface area contributed by atoms with Crippen molar-refractivity contribution in [3.05, 3.63) is 52.5 Å². The van der Waals surface area contributed by atoms with E-state index in [1.807, 2.05) is 12.1 Å². The molecular formula is C20H22ClNO3. The Morgan fingerprint density at radius 3 is 2.60 bits per heavy atom. The molecule has 0 atom stereocenters. The van der Waals surface area contributed by atoms with Crippen molar-refractivity contribution >= 4 is 23.2 Å². The van der Waals surface area contributed by atoms with Gasteiger partial charge in [-0.25, -0.2) is 0 Å². The molecular weight excluding hydrogens is 338 g/mol. The van der Waals surface area contributed by atoms with Crippen LogP contribution in [0.5, 0.6) is 11.5 Å². The zero-order chi connectivity index (χ0) is 18.0. The summed E-state index contributed by atoms with van der Waals surface area (Å²) in [6.45, 7) is 2.13. The van der Waals surface area contributed by atoms with Crippen molar-refractivity contribution in [2.24, 2.45) is 0 Å². The number of halogens is 1. The molecule has 3 rings (SSSR count). The summed E-state index contributed by atoms with van der Waals surface area (Å²) in [5.41, 5.74) is 1.89. The number of rotatable bonds is 5. The Morgan fingerprint density at radius 1 is 1.20 bits per heavy atom. The van der Waals surface area contributed by atoms with Crippen molar-refractivity contribution in [1.82, 2.24) is 0 Å². The van der Waals surface area contributed by atoms with E-state index in [1.165, 1.54) is 11.6 Å². The number of phenolic OH excluding ortho intramolecular Hbond substituents is 2. The Kier molecular flexibility index (Phi) is 4.91. The van der Waals surface area contributed by atoms with Crippen LogP contribution < -0.4 is 5.32 Å². The van der Waals surface area contributed by atoms with E-state index < -0.39 is 5.41 Å². The van der Waals surface area contributed by atoms with Crippen molar-refractivity contribution in [3.63, 3.8) is 0 Å². The summed E-state index contributed by atoms with van der Waals surface area (Å²) >= 11 is 5.89. The number of aryl methyl sites for hydroxylation is 1. The summed E-state index contributed by atoms with van der Waals surface area (Å²) in [6.07, 6.45) is 4.60. The van der Waals surface area contributed by atoms with Gasteiger partial charge in [-0.1, -0.05) is 55.6 Å². The van der Waals surface area contributed by atoms with Crippen molar-refractivity contribution in [2.45, 2.75) is 44.4 Å². The fourth-order valence-electron chi connectivity index (χ4n) is 3.38. The van der Waals surface area contributed by atoms with Crippen LogP contribution in [-0.2, 0) is 16.6 Å². The lowest BCUT2D eigenvalue weighted by Gasteiger charge is -2.41. The van der Waals surface area contributed by atoms with Crippen molar-refractivity contribution in [3.8, 4) is 11.5 Å². The highest BCUT2D eigenvalue weighted by atomic mass is 35.5. The topological polar surface area (TPSA) is 69.6 Å². The van der Waals surface area contributed by atoms with Crippen LogP contribution in [0.2, 0.25) is 5.02 Å². The number of benzene rings is 2. The van der Waals surface area contributed by atoms with Crippen LogP contribution in [0.1, 0.15) is 43.7 Å². The number of carbonyl (C=O) groups excluding carboxylic acids is 1.